The Kier molecular flexibility index (Phi) is 4.35. The van der Waals surface area contributed by atoms with Crippen molar-refractivity contribution in [3.8, 4) is 0 Å². The molecule has 2 rings (SSSR count). The van der Waals surface area contributed by atoms with Crippen LogP contribution in [0.25, 0.3) is 0 Å². The second-order valence-corrected chi connectivity index (χ2v) is 6.29. The lowest BCUT2D eigenvalue weighted by atomic mass is 9.93. The third-order valence-corrected chi connectivity index (χ3v) is 4.10. The number of nitrogens with one attached hydrogen (secondary N) is 1. The van der Waals surface area contributed by atoms with Gasteiger partial charge in [0, 0.05) is 6.54 Å². The van der Waals surface area contributed by atoms with Crippen molar-refractivity contribution in [1.29, 1.82) is 0 Å². The van der Waals surface area contributed by atoms with Gasteiger partial charge in [-0.15, -0.1) is 0 Å². The number of hydrogen-bond donors (Lipinski definition) is 1. The van der Waals surface area contributed by atoms with Gasteiger partial charge in [-0.2, -0.15) is 0 Å². The van der Waals surface area contributed by atoms with E-state index in [-0.39, 0.29) is 17.9 Å². The van der Waals surface area contributed by atoms with E-state index >= 15 is 0 Å². The molecule has 21 heavy (non-hydrogen) atoms. The topological polar surface area (TPSA) is 49.4 Å². The van der Waals surface area contributed by atoms with Gasteiger partial charge in [0.25, 0.3) is 0 Å². The quantitative estimate of drug-likeness (QED) is 0.925. The standard InChI is InChI=1S/C17H24N2O2/c1-5-7-14-15(20)19(17(3,4)16(21)18-14)11-13-9-6-8-12(2)10-13/h6,8-10,14H,5,7,11H2,1-4H3,(H,18,21). The normalized spacial score (nSPS) is 21.3. The Hall–Kier alpha value is -1.84. The van der Waals surface area contributed by atoms with Gasteiger partial charge < -0.3 is 10.2 Å². The number of rotatable bonds is 4. The van der Waals surface area contributed by atoms with Crippen LogP contribution in [0.3, 0.4) is 0 Å². The van der Waals surface area contributed by atoms with E-state index in [9.17, 15) is 9.59 Å². The highest BCUT2D eigenvalue weighted by Crippen LogP contribution is 2.25. The van der Waals surface area contributed by atoms with Crippen molar-refractivity contribution in [2.75, 3.05) is 0 Å². The van der Waals surface area contributed by atoms with Gasteiger partial charge in [-0.25, -0.2) is 0 Å². The first-order valence-electron chi connectivity index (χ1n) is 7.54. The summed E-state index contributed by atoms with van der Waals surface area (Å²) in [5.41, 5.74) is 1.40. The minimum atomic E-state index is -0.814. The van der Waals surface area contributed by atoms with Gasteiger partial charge in [-0.05, 0) is 32.8 Å². The van der Waals surface area contributed by atoms with E-state index in [0.29, 0.717) is 13.0 Å². The van der Waals surface area contributed by atoms with Gasteiger partial charge in [0.05, 0.1) is 0 Å². The van der Waals surface area contributed by atoms with E-state index in [1.807, 2.05) is 32.0 Å². The summed E-state index contributed by atoms with van der Waals surface area (Å²) in [4.78, 5) is 26.7. The summed E-state index contributed by atoms with van der Waals surface area (Å²) in [6.07, 6.45) is 1.56. The Morgan fingerprint density at radius 1 is 1.29 bits per heavy atom. The highest BCUT2D eigenvalue weighted by Gasteiger charge is 2.45. The summed E-state index contributed by atoms with van der Waals surface area (Å²) in [7, 11) is 0. The van der Waals surface area contributed by atoms with Crippen LogP contribution in [0, 0.1) is 6.92 Å². The van der Waals surface area contributed by atoms with Crippen molar-refractivity contribution in [3.05, 3.63) is 35.4 Å². The third-order valence-electron chi connectivity index (χ3n) is 4.10. The third kappa shape index (κ3) is 3.09. The predicted octanol–water partition coefficient (Wildman–Crippen LogP) is 2.40. The molecule has 4 heteroatoms. The molecule has 1 aliphatic rings. The van der Waals surface area contributed by atoms with E-state index in [1.165, 1.54) is 0 Å². The minimum Gasteiger partial charge on any atom is -0.342 e. The molecule has 1 saturated heterocycles. The summed E-state index contributed by atoms with van der Waals surface area (Å²) < 4.78 is 0. The fourth-order valence-electron chi connectivity index (χ4n) is 2.74. The Morgan fingerprint density at radius 2 is 2.00 bits per heavy atom. The fraction of sp³-hybridized carbons (Fsp3) is 0.529. The maximum Gasteiger partial charge on any atom is 0.246 e. The Balaban J connectivity index is 2.28. The number of hydrogen-bond acceptors (Lipinski definition) is 2. The van der Waals surface area contributed by atoms with Crippen molar-refractivity contribution >= 4 is 11.8 Å². The van der Waals surface area contributed by atoms with Crippen LogP contribution >= 0.6 is 0 Å². The van der Waals surface area contributed by atoms with Gasteiger partial charge in [0.1, 0.15) is 11.6 Å². The SMILES string of the molecule is CCCC1NC(=O)C(C)(C)N(Cc2cccc(C)c2)C1=O. The van der Waals surface area contributed by atoms with Crippen molar-refractivity contribution < 1.29 is 9.59 Å². The zero-order chi connectivity index (χ0) is 15.6. The molecule has 1 unspecified atom stereocenters. The molecule has 2 amide bonds. The van der Waals surface area contributed by atoms with Crippen LogP contribution in [-0.4, -0.2) is 28.3 Å². The monoisotopic (exact) mass is 288 g/mol. The van der Waals surface area contributed by atoms with Gasteiger partial charge in [-0.3, -0.25) is 9.59 Å². The first-order valence-corrected chi connectivity index (χ1v) is 7.54. The Labute approximate surface area is 126 Å². The van der Waals surface area contributed by atoms with Crippen LogP contribution < -0.4 is 5.32 Å². The van der Waals surface area contributed by atoms with Crippen molar-refractivity contribution in [1.82, 2.24) is 10.2 Å². The molecule has 0 saturated carbocycles. The zero-order valence-electron chi connectivity index (χ0n) is 13.3. The predicted molar refractivity (Wildman–Crippen MR) is 82.6 cm³/mol. The summed E-state index contributed by atoms with van der Waals surface area (Å²) in [5, 5.41) is 2.85. The number of carbonyl (C=O) groups is 2. The molecule has 1 aromatic rings. The lowest BCUT2D eigenvalue weighted by Gasteiger charge is -2.44. The van der Waals surface area contributed by atoms with E-state index in [4.69, 9.17) is 0 Å². The van der Waals surface area contributed by atoms with Gasteiger partial charge in [0.2, 0.25) is 11.8 Å². The molecule has 0 spiro atoms. The van der Waals surface area contributed by atoms with Gasteiger partial charge >= 0.3 is 0 Å². The lowest BCUT2D eigenvalue weighted by Crippen LogP contribution is -2.67. The summed E-state index contributed by atoms with van der Waals surface area (Å²) in [6.45, 7) is 8.13. The second kappa shape index (κ2) is 5.88. The van der Waals surface area contributed by atoms with Crippen LogP contribution in [0.1, 0.15) is 44.7 Å². The maximum absolute atomic E-state index is 12.7. The fourth-order valence-corrected chi connectivity index (χ4v) is 2.74. The Bertz CT molecular complexity index is 551. The van der Waals surface area contributed by atoms with Crippen LogP contribution in [-0.2, 0) is 16.1 Å². The molecule has 0 radical (unpaired) electrons. The number of piperazine rings is 1. The lowest BCUT2D eigenvalue weighted by molar-refractivity contribution is -0.156. The molecule has 1 aliphatic heterocycles. The van der Waals surface area contributed by atoms with Crippen molar-refractivity contribution in [3.63, 3.8) is 0 Å². The number of aryl methyl sites for hydroxylation is 1. The molecule has 0 aliphatic carbocycles. The van der Waals surface area contributed by atoms with Gasteiger partial charge in [0.15, 0.2) is 0 Å². The van der Waals surface area contributed by atoms with Crippen molar-refractivity contribution in [2.45, 2.75) is 58.7 Å². The number of benzene rings is 1. The van der Waals surface area contributed by atoms with Crippen molar-refractivity contribution in [2.24, 2.45) is 0 Å². The van der Waals surface area contributed by atoms with Crippen LogP contribution in [0.5, 0.6) is 0 Å². The molecule has 1 aromatic carbocycles. The zero-order valence-corrected chi connectivity index (χ0v) is 13.3. The summed E-state index contributed by atoms with van der Waals surface area (Å²) >= 11 is 0. The van der Waals surface area contributed by atoms with E-state index in [2.05, 4.69) is 11.4 Å². The van der Waals surface area contributed by atoms with Crippen LogP contribution in [0.2, 0.25) is 0 Å². The molecule has 1 heterocycles. The molecular formula is C17H24N2O2. The average Bonchev–Trinajstić information content (AvgIpc) is 2.42. The number of amides is 2. The molecule has 0 aromatic heterocycles. The molecular weight excluding hydrogens is 264 g/mol. The van der Waals surface area contributed by atoms with E-state index in [1.54, 1.807) is 18.7 Å². The van der Waals surface area contributed by atoms with Crippen LogP contribution in [0.15, 0.2) is 24.3 Å². The molecule has 1 fully saturated rings. The molecule has 4 nitrogen and oxygen atoms in total. The highest BCUT2D eigenvalue weighted by atomic mass is 16.2. The second-order valence-electron chi connectivity index (χ2n) is 6.29. The molecule has 0 bridgehead atoms. The van der Waals surface area contributed by atoms with Crippen LogP contribution in [0.4, 0.5) is 0 Å². The van der Waals surface area contributed by atoms with E-state index < -0.39 is 5.54 Å². The highest BCUT2D eigenvalue weighted by molar-refractivity contribution is 5.99. The van der Waals surface area contributed by atoms with Gasteiger partial charge in [-0.1, -0.05) is 43.2 Å². The molecule has 114 valence electrons. The molecule has 1 N–H and O–H groups in total. The number of carbonyl (C=O) groups excluding carboxylic acids is 2. The Morgan fingerprint density at radius 3 is 2.62 bits per heavy atom. The smallest absolute Gasteiger partial charge is 0.246 e. The summed E-state index contributed by atoms with van der Waals surface area (Å²) in [5.74, 6) is -0.0591. The first kappa shape index (κ1) is 15.5. The first-order chi connectivity index (χ1) is 9.86. The average molecular weight is 288 g/mol. The molecule has 1 atom stereocenters. The number of nitrogens with zero attached hydrogens (tertiary/aromatic N) is 1. The maximum atomic E-state index is 12.7. The minimum absolute atomic E-state index is 0.0166. The largest absolute Gasteiger partial charge is 0.342 e. The summed E-state index contributed by atoms with van der Waals surface area (Å²) in [6, 6.07) is 7.68. The van der Waals surface area contributed by atoms with E-state index in [0.717, 1.165) is 17.5 Å².